The molecule has 1 aromatic carbocycles. The molecule has 0 fully saturated rings. The number of rotatable bonds is 2. The van der Waals surface area contributed by atoms with E-state index in [1.165, 1.54) is 7.11 Å². The molecule has 0 saturated heterocycles. The van der Waals surface area contributed by atoms with Gasteiger partial charge in [-0.3, -0.25) is 0 Å². The summed E-state index contributed by atoms with van der Waals surface area (Å²) in [5.74, 6) is -4.57. The highest BCUT2D eigenvalue weighted by atomic mass is 19.2. The quantitative estimate of drug-likeness (QED) is 0.721. The minimum atomic E-state index is -1.61. The zero-order chi connectivity index (χ0) is 10.0. The van der Waals surface area contributed by atoms with Gasteiger partial charge in [-0.15, -0.1) is 0 Å². The molecule has 72 valence electrons. The van der Waals surface area contributed by atoms with Crippen LogP contribution in [0.2, 0.25) is 0 Å². The Kier molecular flexibility index (Phi) is 2.77. The fourth-order valence-corrected chi connectivity index (χ4v) is 0.941. The lowest BCUT2D eigenvalue weighted by molar-refractivity contribution is 0.262. The lowest BCUT2D eigenvalue weighted by Gasteiger charge is -2.07. The maximum absolute atomic E-state index is 12.9. The summed E-state index contributed by atoms with van der Waals surface area (Å²) in [7, 11) is 1.17. The number of aliphatic hydroxyl groups excluding tert-OH is 1. The van der Waals surface area contributed by atoms with E-state index < -0.39 is 24.1 Å². The molecule has 1 rings (SSSR count). The largest absolute Gasteiger partial charge is 0.496 e. The van der Waals surface area contributed by atoms with Gasteiger partial charge in [0.15, 0.2) is 17.5 Å². The fourth-order valence-electron chi connectivity index (χ4n) is 0.941. The Morgan fingerprint density at radius 1 is 1.31 bits per heavy atom. The van der Waals surface area contributed by atoms with Crippen molar-refractivity contribution in [2.75, 3.05) is 7.11 Å². The number of hydrogen-bond acceptors (Lipinski definition) is 2. The molecule has 0 saturated carbocycles. The molecule has 0 aliphatic carbocycles. The summed E-state index contributed by atoms with van der Waals surface area (Å²) in [6.45, 7) is -0.744. The van der Waals surface area contributed by atoms with Crippen molar-refractivity contribution >= 4 is 0 Å². The molecule has 0 atom stereocenters. The van der Waals surface area contributed by atoms with Gasteiger partial charge in [-0.1, -0.05) is 0 Å². The summed E-state index contributed by atoms with van der Waals surface area (Å²) in [6.07, 6.45) is 0. The molecule has 0 aromatic heterocycles. The summed E-state index contributed by atoms with van der Waals surface area (Å²) >= 11 is 0. The summed E-state index contributed by atoms with van der Waals surface area (Å²) in [5.41, 5.74) is -0.388. The van der Waals surface area contributed by atoms with Crippen molar-refractivity contribution in [3.63, 3.8) is 0 Å². The fraction of sp³-hybridized carbons (Fsp3) is 0.250. The molecule has 0 aliphatic heterocycles. The summed E-state index contributed by atoms with van der Waals surface area (Å²) in [4.78, 5) is 0. The van der Waals surface area contributed by atoms with Crippen LogP contribution in [-0.4, -0.2) is 12.2 Å². The lowest BCUT2D eigenvalue weighted by atomic mass is 10.2. The van der Waals surface area contributed by atoms with Crippen molar-refractivity contribution in [3.8, 4) is 5.75 Å². The van der Waals surface area contributed by atoms with Crippen LogP contribution in [0, 0.1) is 17.5 Å². The zero-order valence-corrected chi connectivity index (χ0v) is 6.77. The van der Waals surface area contributed by atoms with E-state index in [2.05, 4.69) is 4.74 Å². The third-order valence-corrected chi connectivity index (χ3v) is 1.60. The maximum atomic E-state index is 12.9. The van der Waals surface area contributed by atoms with Gasteiger partial charge in [0.05, 0.1) is 19.3 Å². The molecule has 5 heteroatoms. The van der Waals surface area contributed by atoms with E-state index in [1.807, 2.05) is 0 Å². The first kappa shape index (κ1) is 9.85. The van der Waals surface area contributed by atoms with Gasteiger partial charge in [0.25, 0.3) is 0 Å². The number of methoxy groups -OCH3 is 1. The molecule has 0 spiro atoms. The van der Waals surface area contributed by atoms with Gasteiger partial charge in [-0.2, -0.15) is 0 Å². The van der Waals surface area contributed by atoms with Crippen LogP contribution in [-0.2, 0) is 6.61 Å². The monoisotopic (exact) mass is 192 g/mol. The van der Waals surface area contributed by atoms with Crippen LogP contribution < -0.4 is 4.74 Å². The van der Waals surface area contributed by atoms with Gasteiger partial charge in [-0.05, 0) is 0 Å². The minimum Gasteiger partial charge on any atom is -0.496 e. The molecule has 1 aromatic rings. The zero-order valence-electron chi connectivity index (χ0n) is 6.77. The average Bonchev–Trinajstić information content (AvgIpc) is 2.13. The van der Waals surface area contributed by atoms with E-state index in [4.69, 9.17) is 5.11 Å². The van der Waals surface area contributed by atoms with Gasteiger partial charge in [0.2, 0.25) is 0 Å². The lowest BCUT2D eigenvalue weighted by Crippen LogP contribution is -2.01. The number of benzene rings is 1. The van der Waals surface area contributed by atoms with Crippen LogP contribution in [0.4, 0.5) is 13.2 Å². The Morgan fingerprint density at radius 2 is 1.92 bits per heavy atom. The number of hydrogen-bond donors (Lipinski definition) is 1. The Balaban J connectivity index is 3.39. The van der Waals surface area contributed by atoms with E-state index in [0.717, 1.165) is 0 Å². The molecule has 0 unspecified atom stereocenters. The van der Waals surface area contributed by atoms with Crippen molar-refractivity contribution in [1.82, 2.24) is 0 Å². The normalized spacial score (nSPS) is 10.2. The van der Waals surface area contributed by atoms with E-state index in [0.29, 0.717) is 6.07 Å². The average molecular weight is 192 g/mol. The first-order chi connectivity index (χ1) is 6.11. The second-order valence-electron chi connectivity index (χ2n) is 2.33. The SMILES string of the molecule is COc1cc(F)c(F)c(F)c1CO. The van der Waals surface area contributed by atoms with Crippen LogP contribution >= 0.6 is 0 Å². The minimum absolute atomic E-state index is 0.209. The van der Waals surface area contributed by atoms with E-state index in [9.17, 15) is 13.2 Å². The van der Waals surface area contributed by atoms with Crippen molar-refractivity contribution < 1.29 is 23.0 Å². The van der Waals surface area contributed by atoms with Gasteiger partial charge >= 0.3 is 0 Å². The number of aliphatic hydroxyl groups is 1. The molecule has 0 bridgehead atoms. The third kappa shape index (κ3) is 1.60. The van der Waals surface area contributed by atoms with Crippen molar-refractivity contribution in [2.24, 2.45) is 0 Å². The predicted molar refractivity (Wildman–Crippen MR) is 38.8 cm³/mol. The summed E-state index contributed by atoms with van der Waals surface area (Å²) in [5, 5.41) is 8.64. The Morgan fingerprint density at radius 3 is 2.38 bits per heavy atom. The van der Waals surface area contributed by atoms with Crippen LogP contribution in [0.3, 0.4) is 0 Å². The van der Waals surface area contributed by atoms with Crippen molar-refractivity contribution in [1.29, 1.82) is 0 Å². The van der Waals surface area contributed by atoms with E-state index >= 15 is 0 Å². The molecular formula is C8H7F3O2. The molecule has 0 heterocycles. The van der Waals surface area contributed by atoms with Gasteiger partial charge in [0, 0.05) is 6.07 Å². The topological polar surface area (TPSA) is 29.5 Å². The van der Waals surface area contributed by atoms with Crippen LogP contribution in [0.15, 0.2) is 6.07 Å². The van der Waals surface area contributed by atoms with Crippen molar-refractivity contribution in [2.45, 2.75) is 6.61 Å². The van der Waals surface area contributed by atoms with E-state index in [-0.39, 0.29) is 11.3 Å². The molecular weight excluding hydrogens is 185 g/mol. The number of ether oxygens (including phenoxy) is 1. The highest BCUT2D eigenvalue weighted by Crippen LogP contribution is 2.25. The predicted octanol–water partition coefficient (Wildman–Crippen LogP) is 1.60. The molecule has 13 heavy (non-hydrogen) atoms. The van der Waals surface area contributed by atoms with E-state index in [1.54, 1.807) is 0 Å². The molecule has 1 N–H and O–H groups in total. The first-order valence-corrected chi connectivity index (χ1v) is 3.43. The highest BCUT2D eigenvalue weighted by Gasteiger charge is 2.18. The van der Waals surface area contributed by atoms with Crippen LogP contribution in [0.25, 0.3) is 0 Å². The second kappa shape index (κ2) is 3.66. The smallest absolute Gasteiger partial charge is 0.195 e. The maximum Gasteiger partial charge on any atom is 0.195 e. The molecule has 2 nitrogen and oxygen atoms in total. The molecule has 0 aliphatic rings. The second-order valence-corrected chi connectivity index (χ2v) is 2.33. The highest BCUT2D eigenvalue weighted by molar-refractivity contribution is 5.35. The van der Waals surface area contributed by atoms with Gasteiger partial charge < -0.3 is 9.84 Å². The van der Waals surface area contributed by atoms with Crippen LogP contribution in [0.1, 0.15) is 5.56 Å². The Labute approximate surface area is 72.6 Å². The third-order valence-electron chi connectivity index (χ3n) is 1.60. The standard InChI is InChI=1S/C8H7F3O2/c1-13-6-2-5(9)8(11)7(10)4(6)3-12/h2,12H,3H2,1H3. The van der Waals surface area contributed by atoms with Crippen molar-refractivity contribution in [3.05, 3.63) is 29.1 Å². The molecule has 0 radical (unpaired) electrons. The Bertz CT molecular complexity index is 326. The Hall–Kier alpha value is -1.23. The van der Waals surface area contributed by atoms with Crippen LogP contribution in [0.5, 0.6) is 5.75 Å². The first-order valence-electron chi connectivity index (χ1n) is 3.43. The molecule has 0 amide bonds. The summed E-state index contributed by atoms with van der Waals surface area (Å²) < 4.78 is 42.5. The summed E-state index contributed by atoms with van der Waals surface area (Å²) in [6, 6.07) is 0.684. The van der Waals surface area contributed by atoms with Gasteiger partial charge in [0.1, 0.15) is 5.75 Å². The number of halogens is 3. The van der Waals surface area contributed by atoms with Gasteiger partial charge in [-0.25, -0.2) is 13.2 Å².